The molecule has 1 fully saturated rings. The van der Waals surface area contributed by atoms with E-state index in [4.69, 9.17) is 23.2 Å². The summed E-state index contributed by atoms with van der Waals surface area (Å²) in [5.41, 5.74) is 1.06. The number of hydrogen-bond acceptors (Lipinski definition) is 2. The Morgan fingerprint density at radius 2 is 1.79 bits per heavy atom. The molecule has 7 heteroatoms. The van der Waals surface area contributed by atoms with Crippen LogP contribution in [0.25, 0.3) is 0 Å². The molecular formula is C17H24Cl2N4O. The van der Waals surface area contributed by atoms with Gasteiger partial charge in [-0.3, -0.25) is 9.79 Å². The number of amides is 1. The largest absolute Gasteiger partial charge is 0.357 e. The summed E-state index contributed by atoms with van der Waals surface area (Å²) < 4.78 is 0. The zero-order chi connectivity index (χ0) is 17.4. The third-order valence-electron chi connectivity index (χ3n) is 3.60. The molecular weight excluding hydrogens is 347 g/mol. The van der Waals surface area contributed by atoms with Crippen LogP contribution in [0.1, 0.15) is 25.3 Å². The van der Waals surface area contributed by atoms with Crippen molar-refractivity contribution in [2.75, 3.05) is 26.2 Å². The molecule has 0 unspecified atom stereocenters. The van der Waals surface area contributed by atoms with Gasteiger partial charge >= 0.3 is 0 Å². The quantitative estimate of drug-likeness (QED) is 0.374. The van der Waals surface area contributed by atoms with Crippen molar-refractivity contribution in [3.63, 3.8) is 0 Å². The summed E-state index contributed by atoms with van der Waals surface area (Å²) in [7, 11) is 0. The summed E-state index contributed by atoms with van der Waals surface area (Å²) >= 11 is 12.0. The van der Waals surface area contributed by atoms with Gasteiger partial charge in [-0.2, -0.15) is 0 Å². The molecule has 5 nitrogen and oxygen atoms in total. The molecule has 0 radical (unpaired) electrons. The predicted octanol–water partition coefficient (Wildman–Crippen LogP) is 2.62. The van der Waals surface area contributed by atoms with E-state index >= 15 is 0 Å². The number of halogens is 2. The Morgan fingerprint density at radius 3 is 2.42 bits per heavy atom. The predicted molar refractivity (Wildman–Crippen MR) is 99.9 cm³/mol. The van der Waals surface area contributed by atoms with E-state index in [1.165, 1.54) is 0 Å². The molecule has 1 aromatic rings. The SMILES string of the molecule is CCNC(=NCCc1cc(Cl)cc(Cl)c1)NCCNC(=O)C1CC1. The fourth-order valence-corrected chi connectivity index (χ4v) is 2.82. The van der Waals surface area contributed by atoms with Gasteiger partial charge in [0.05, 0.1) is 0 Å². The molecule has 0 spiro atoms. The second-order valence-electron chi connectivity index (χ2n) is 5.78. The molecule has 1 aromatic carbocycles. The number of carbonyl (C=O) groups is 1. The summed E-state index contributed by atoms with van der Waals surface area (Å²) in [6.45, 7) is 4.67. The lowest BCUT2D eigenvalue weighted by Crippen LogP contribution is -2.41. The average molecular weight is 371 g/mol. The lowest BCUT2D eigenvalue weighted by molar-refractivity contribution is -0.122. The highest BCUT2D eigenvalue weighted by Gasteiger charge is 2.28. The van der Waals surface area contributed by atoms with E-state index < -0.39 is 0 Å². The smallest absolute Gasteiger partial charge is 0.223 e. The maximum absolute atomic E-state index is 11.6. The number of carbonyl (C=O) groups excluding carboxylic acids is 1. The van der Waals surface area contributed by atoms with Crippen molar-refractivity contribution in [2.45, 2.75) is 26.2 Å². The monoisotopic (exact) mass is 370 g/mol. The van der Waals surface area contributed by atoms with Crippen LogP contribution in [0, 0.1) is 5.92 Å². The van der Waals surface area contributed by atoms with Gasteiger partial charge in [-0.25, -0.2) is 0 Å². The lowest BCUT2D eigenvalue weighted by atomic mass is 10.1. The molecule has 0 atom stereocenters. The van der Waals surface area contributed by atoms with Gasteiger partial charge in [-0.15, -0.1) is 0 Å². The van der Waals surface area contributed by atoms with Crippen molar-refractivity contribution in [3.8, 4) is 0 Å². The van der Waals surface area contributed by atoms with Crippen molar-refractivity contribution in [1.82, 2.24) is 16.0 Å². The number of benzene rings is 1. The van der Waals surface area contributed by atoms with Crippen LogP contribution in [-0.2, 0) is 11.2 Å². The summed E-state index contributed by atoms with van der Waals surface area (Å²) in [6.07, 6.45) is 2.81. The molecule has 1 aliphatic carbocycles. The van der Waals surface area contributed by atoms with Crippen molar-refractivity contribution >= 4 is 35.1 Å². The van der Waals surface area contributed by atoms with E-state index in [0.29, 0.717) is 29.7 Å². The van der Waals surface area contributed by atoms with Crippen LogP contribution in [0.5, 0.6) is 0 Å². The van der Waals surface area contributed by atoms with E-state index in [1.54, 1.807) is 6.07 Å². The Bertz CT molecular complexity index is 568. The van der Waals surface area contributed by atoms with Crippen molar-refractivity contribution in [2.24, 2.45) is 10.9 Å². The Labute approximate surface area is 153 Å². The first-order valence-corrected chi connectivity index (χ1v) is 9.09. The zero-order valence-electron chi connectivity index (χ0n) is 13.9. The summed E-state index contributed by atoms with van der Waals surface area (Å²) in [5, 5.41) is 10.6. The van der Waals surface area contributed by atoms with Crippen molar-refractivity contribution < 1.29 is 4.79 Å². The van der Waals surface area contributed by atoms with Crippen LogP contribution in [-0.4, -0.2) is 38.0 Å². The highest BCUT2D eigenvalue weighted by Crippen LogP contribution is 2.28. The Hall–Kier alpha value is -1.46. The number of nitrogens with zero attached hydrogens (tertiary/aromatic N) is 1. The summed E-state index contributed by atoms with van der Waals surface area (Å²) in [5.74, 6) is 1.15. The normalized spacial score (nSPS) is 14.4. The first kappa shape index (κ1) is 18.9. The van der Waals surface area contributed by atoms with Gasteiger partial charge in [0.2, 0.25) is 5.91 Å². The topological polar surface area (TPSA) is 65.5 Å². The molecule has 0 aromatic heterocycles. The van der Waals surface area contributed by atoms with Gasteiger partial charge in [0.1, 0.15) is 0 Å². The van der Waals surface area contributed by atoms with Crippen LogP contribution in [0.4, 0.5) is 0 Å². The average Bonchev–Trinajstić information content (AvgIpc) is 3.35. The van der Waals surface area contributed by atoms with Crippen LogP contribution < -0.4 is 16.0 Å². The van der Waals surface area contributed by atoms with Gasteiger partial charge in [0, 0.05) is 42.1 Å². The van der Waals surface area contributed by atoms with Crippen molar-refractivity contribution in [3.05, 3.63) is 33.8 Å². The van der Waals surface area contributed by atoms with E-state index in [9.17, 15) is 4.79 Å². The van der Waals surface area contributed by atoms with E-state index in [0.717, 1.165) is 37.3 Å². The lowest BCUT2D eigenvalue weighted by Gasteiger charge is -2.12. The highest BCUT2D eigenvalue weighted by atomic mass is 35.5. The third kappa shape index (κ3) is 6.97. The number of guanidine groups is 1. The standard InChI is InChI=1S/C17H24Cl2N4O/c1-2-20-17(23-8-7-21-16(24)13-3-4-13)22-6-5-12-9-14(18)11-15(19)10-12/h9-11,13H,2-8H2,1H3,(H,21,24)(H2,20,22,23). The second-order valence-corrected chi connectivity index (χ2v) is 6.65. The van der Waals surface area contributed by atoms with E-state index in [-0.39, 0.29) is 11.8 Å². The minimum atomic E-state index is 0.163. The highest BCUT2D eigenvalue weighted by molar-refractivity contribution is 6.34. The molecule has 1 aliphatic rings. The summed E-state index contributed by atoms with van der Waals surface area (Å²) in [4.78, 5) is 16.1. The molecule has 132 valence electrons. The molecule has 1 amide bonds. The Kier molecular flexibility index (Phi) is 7.66. The molecule has 24 heavy (non-hydrogen) atoms. The molecule has 1 saturated carbocycles. The first-order chi connectivity index (χ1) is 11.6. The van der Waals surface area contributed by atoms with Crippen molar-refractivity contribution in [1.29, 1.82) is 0 Å². The zero-order valence-corrected chi connectivity index (χ0v) is 15.4. The fourth-order valence-electron chi connectivity index (χ4n) is 2.25. The van der Waals surface area contributed by atoms with Crippen LogP contribution >= 0.6 is 23.2 Å². The molecule has 0 saturated heterocycles. The Morgan fingerprint density at radius 1 is 1.12 bits per heavy atom. The van der Waals surface area contributed by atoms with Crippen LogP contribution in [0.3, 0.4) is 0 Å². The maximum Gasteiger partial charge on any atom is 0.223 e. The number of hydrogen-bond donors (Lipinski definition) is 3. The third-order valence-corrected chi connectivity index (χ3v) is 4.04. The Balaban J connectivity index is 1.73. The first-order valence-electron chi connectivity index (χ1n) is 8.33. The molecule has 0 bridgehead atoms. The minimum absolute atomic E-state index is 0.163. The second kappa shape index (κ2) is 9.74. The molecule has 2 rings (SSSR count). The van der Waals surface area contributed by atoms with E-state index in [1.807, 2.05) is 19.1 Å². The van der Waals surface area contributed by atoms with Gasteiger partial charge in [0.25, 0.3) is 0 Å². The van der Waals surface area contributed by atoms with Crippen LogP contribution in [0.2, 0.25) is 10.0 Å². The molecule has 0 aliphatic heterocycles. The van der Waals surface area contributed by atoms with Gasteiger partial charge in [-0.05, 0) is 49.9 Å². The fraction of sp³-hybridized carbons (Fsp3) is 0.529. The van der Waals surface area contributed by atoms with Gasteiger partial charge in [-0.1, -0.05) is 23.2 Å². The number of rotatable bonds is 8. The molecule has 3 N–H and O–H groups in total. The van der Waals surface area contributed by atoms with E-state index in [2.05, 4.69) is 20.9 Å². The number of nitrogens with one attached hydrogen (secondary N) is 3. The maximum atomic E-state index is 11.6. The minimum Gasteiger partial charge on any atom is -0.357 e. The van der Waals surface area contributed by atoms with Crippen LogP contribution in [0.15, 0.2) is 23.2 Å². The molecule has 0 heterocycles. The van der Waals surface area contributed by atoms with Gasteiger partial charge < -0.3 is 16.0 Å². The van der Waals surface area contributed by atoms with Gasteiger partial charge in [0.15, 0.2) is 5.96 Å². The summed E-state index contributed by atoms with van der Waals surface area (Å²) in [6, 6.07) is 5.52. The number of aliphatic imine (C=N–C) groups is 1.